The number of carbonyl (C=O) groups is 2. The molecule has 202 valence electrons. The van der Waals surface area contributed by atoms with Crippen LogP contribution in [0.4, 0.5) is 18.9 Å². The van der Waals surface area contributed by atoms with Crippen LogP contribution in [0, 0.1) is 13.8 Å². The number of amides is 2. The second-order valence-corrected chi connectivity index (χ2v) is 9.95. The molecule has 0 fully saturated rings. The maximum Gasteiger partial charge on any atom is 0.416 e. The Balaban J connectivity index is 1.55. The summed E-state index contributed by atoms with van der Waals surface area (Å²) < 4.78 is 41.0. The van der Waals surface area contributed by atoms with E-state index in [4.69, 9.17) is 11.6 Å². The average molecular weight is 574 g/mol. The Morgan fingerprint density at radius 2 is 1.74 bits per heavy atom. The van der Waals surface area contributed by atoms with Crippen LogP contribution in [0.25, 0.3) is 5.69 Å². The highest BCUT2D eigenvalue weighted by molar-refractivity contribution is 7.99. The van der Waals surface area contributed by atoms with Crippen molar-refractivity contribution >= 4 is 40.9 Å². The third-order valence-electron chi connectivity index (χ3n) is 5.65. The predicted octanol–water partition coefficient (Wildman–Crippen LogP) is 6.22. The van der Waals surface area contributed by atoms with Gasteiger partial charge in [-0.15, -0.1) is 10.2 Å². The number of nitrogens with one attached hydrogen (secondary N) is 2. The lowest BCUT2D eigenvalue weighted by molar-refractivity contribution is -0.137. The third-order valence-corrected chi connectivity index (χ3v) is 6.91. The first-order chi connectivity index (χ1) is 18.5. The zero-order chi connectivity index (χ0) is 28.2. The number of hydrogen-bond acceptors (Lipinski definition) is 5. The van der Waals surface area contributed by atoms with Gasteiger partial charge in [0.2, 0.25) is 5.91 Å². The number of aryl methyl sites for hydroxylation is 2. The van der Waals surface area contributed by atoms with Crippen molar-refractivity contribution < 1.29 is 22.8 Å². The number of hydrogen-bond donors (Lipinski definition) is 2. The molecule has 0 spiro atoms. The zero-order valence-corrected chi connectivity index (χ0v) is 22.4. The summed E-state index contributed by atoms with van der Waals surface area (Å²) in [5.74, 6) is -0.587. The van der Waals surface area contributed by atoms with Crippen molar-refractivity contribution in [1.29, 1.82) is 0 Å². The van der Waals surface area contributed by atoms with Crippen LogP contribution in [0.15, 0.2) is 71.9 Å². The molecule has 0 aliphatic carbocycles. The number of alkyl halides is 3. The molecule has 0 saturated carbocycles. The molecule has 1 aromatic heterocycles. The van der Waals surface area contributed by atoms with Crippen LogP contribution in [0.5, 0.6) is 0 Å². The van der Waals surface area contributed by atoms with E-state index in [1.54, 1.807) is 28.8 Å². The number of thioether (sulfide) groups is 1. The van der Waals surface area contributed by atoms with Crippen LogP contribution in [-0.2, 0) is 17.5 Å². The molecule has 0 radical (unpaired) electrons. The first kappa shape index (κ1) is 28.2. The Hall–Kier alpha value is -3.83. The Morgan fingerprint density at radius 1 is 1.00 bits per heavy atom. The lowest BCUT2D eigenvalue weighted by Crippen LogP contribution is -2.24. The quantitative estimate of drug-likeness (QED) is 0.244. The molecule has 7 nitrogen and oxygen atoms in total. The van der Waals surface area contributed by atoms with E-state index in [0.717, 1.165) is 46.8 Å². The summed E-state index contributed by atoms with van der Waals surface area (Å²) in [6, 6.07) is 17.3. The third kappa shape index (κ3) is 6.98. The molecule has 39 heavy (non-hydrogen) atoms. The van der Waals surface area contributed by atoms with Crippen molar-refractivity contribution in [1.82, 2.24) is 20.1 Å². The number of carbonyl (C=O) groups excluding carboxylic acids is 2. The Bertz CT molecular complexity index is 1510. The summed E-state index contributed by atoms with van der Waals surface area (Å²) in [6.45, 7) is 3.92. The molecule has 4 rings (SSSR count). The minimum atomic E-state index is -4.58. The van der Waals surface area contributed by atoms with Crippen molar-refractivity contribution in [2.24, 2.45) is 0 Å². The SMILES string of the molecule is Cc1ccc(C)c(-n2c(CNC(=O)c3ccccc3)nnc2SCC(=O)Nc2cc(C(F)(F)F)ccc2Cl)c1. The molecule has 2 amide bonds. The van der Waals surface area contributed by atoms with E-state index in [1.165, 1.54) is 0 Å². The summed E-state index contributed by atoms with van der Waals surface area (Å²) in [7, 11) is 0. The molecule has 12 heteroatoms. The van der Waals surface area contributed by atoms with Gasteiger partial charge < -0.3 is 10.6 Å². The minimum Gasteiger partial charge on any atom is -0.345 e. The van der Waals surface area contributed by atoms with Crippen molar-refractivity contribution in [2.45, 2.75) is 31.7 Å². The summed E-state index contributed by atoms with van der Waals surface area (Å²) >= 11 is 7.05. The molecule has 3 aromatic carbocycles. The van der Waals surface area contributed by atoms with Crippen LogP contribution in [0.1, 0.15) is 32.9 Å². The highest BCUT2D eigenvalue weighted by atomic mass is 35.5. The van der Waals surface area contributed by atoms with Gasteiger partial charge in [0.1, 0.15) is 0 Å². The Kier molecular flexibility index (Phi) is 8.61. The Morgan fingerprint density at radius 3 is 2.46 bits per heavy atom. The zero-order valence-electron chi connectivity index (χ0n) is 20.8. The van der Waals surface area contributed by atoms with Gasteiger partial charge in [-0.1, -0.05) is 53.7 Å². The largest absolute Gasteiger partial charge is 0.416 e. The number of rotatable bonds is 8. The van der Waals surface area contributed by atoms with Crippen molar-refractivity contribution in [2.75, 3.05) is 11.1 Å². The first-order valence-corrected chi connectivity index (χ1v) is 13.0. The van der Waals surface area contributed by atoms with Gasteiger partial charge in [-0.3, -0.25) is 14.2 Å². The monoisotopic (exact) mass is 573 g/mol. The van der Waals surface area contributed by atoms with Gasteiger partial charge in [0.05, 0.1) is 34.3 Å². The van der Waals surface area contributed by atoms with Crippen LogP contribution in [0.3, 0.4) is 0 Å². The van der Waals surface area contributed by atoms with Gasteiger partial charge in [0.15, 0.2) is 11.0 Å². The van der Waals surface area contributed by atoms with E-state index in [0.29, 0.717) is 16.5 Å². The average Bonchev–Trinajstić information content (AvgIpc) is 3.31. The number of nitrogens with zero attached hydrogens (tertiary/aromatic N) is 3. The highest BCUT2D eigenvalue weighted by Crippen LogP contribution is 2.34. The number of anilines is 1. The van der Waals surface area contributed by atoms with Gasteiger partial charge in [0, 0.05) is 5.56 Å². The second kappa shape index (κ2) is 11.9. The molecule has 0 aliphatic heterocycles. The summed E-state index contributed by atoms with van der Waals surface area (Å²) in [6.07, 6.45) is -4.58. The Labute approximate surface area is 231 Å². The van der Waals surface area contributed by atoms with E-state index in [-0.39, 0.29) is 28.9 Å². The lowest BCUT2D eigenvalue weighted by Gasteiger charge is -2.14. The highest BCUT2D eigenvalue weighted by Gasteiger charge is 2.31. The van der Waals surface area contributed by atoms with Crippen LogP contribution in [-0.4, -0.2) is 32.3 Å². The summed E-state index contributed by atoms with van der Waals surface area (Å²) in [5.41, 5.74) is 2.10. The van der Waals surface area contributed by atoms with Crippen LogP contribution < -0.4 is 10.6 Å². The van der Waals surface area contributed by atoms with Crippen LogP contribution >= 0.6 is 23.4 Å². The molecule has 1 heterocycles. The van der Waals surface area contributed by atoms with Crippen molar-refractivity contribution in [3.63, 3.8) is 0 Å². The smallest absolute Gasteiger partial charge is 0.345 e. The van der Waals surface area contributed by atoms with Crippen molar-refractivity contribution in [3.8, 4) is 5.69 Å². The van der Waals surface area contributed by atoms with Gasteiger partial charge >= 0.3 is 6.18 Å². The topological polar surface area (TPSA) is 88.9 Å². The van der Waals surface area contributed by atoms with Gasteiger partial charge in [-0.05, 0) is 61.4 Å². The first-order valence-electron chi connectivity index (χ1n) is 11.7. The number of benzene rings is 3. The molecule has 0 unspecified atom stereocenters. The van der Waals surface area contributed by atoms with E-state index in [2.05, 4.69) is 20.8 Å². The van der Waals surface area contributed by atoms with E-state index < -0.39 is 17.6 Å². The maximum atomic E-state index is 13.1. The minimum absolute atomic E-state index is 0.0173. The fourth-order valence-electron chi connectivity index (χ4n) is 3.68. The van der Waals surface area contributed by atoms with E-state index in [9.17, 15) is 22.8 Å². The maximum absolute atomic E-state index is 13.1. The molecule has 4 aromatic rings. The van der Waals surface area contributed by atoms with Gasteiger partial charge in [0.25, 0.3) is 5.91 Å². The van der Waals surface area contributed by atoms with Crippen LogP contribution in [0.2, 0.25) is 5.02 Å². The van der Waals surface area contributed by atoms with E-state index >= 15 is 0 Å². The predicted molar refractivity (Wildman–Crippen MR) is 144 cm³/mol. The standard InChI is InChI=1S/C27H23ClF3N5O2S/c1-16-8-9-17(2)22(12-16)36-23(14-32-25(38)18-6-4-3-5-7-18)34-35-26(36)39-15-24(37)33-21-13-19(27(29,30)31)10-11-20(21)28/h3-13H,14-15H2,1-2H3,(H,32,38)(H,33,37). The summed E-state index contributed by atoms with van der Waals surface area (Å²) in [4.78, 5) is 25.2. The van der Waals surface area contributed by atoms with Gasteiger partial charge in [-0.25, -0.2) is 0 Å². The molecular weight excluding hydrogens is 551 g/mol. The number of halogens is 4. The number of aromatic nitrogens is 3. The van der Waals surface area contributed by atoms with E-state index in [1.807, 2.05) is 38.1 Å². The normalized spacial score (nSPS) is 11.3. The fraction of sp³-hybridized carbons (Fsp3) is 0.185. The summed E-state index contributed by atoms with van der Waals surface area (Å²) in [5, 5.41) is 14.1. The van der Waals surface area contributed by atoms with Crippen molar-refractivity contribution in [3.05, 3.63) is 99.8 Å². The fourth-order valence-corrected chi connectivity index (χ4v) is 4.60. The molecule has 0 atom stereocenters. The molecule has 0 saturated heterocycles. The molecular formula is C27H23ClF3N5O2S. The van der Waals surface area contributed by atoms with Gasteiger partial charge in [-0.2, -0.15) is 13.2 Å². The second-order valence-electron chi connectivity index (χ2n) is 8.60. The molecule has 2 N–H and O–H groups in total. The molecule has 0 aliphatic rings. The lowest BCUT2D eigenvalue weighted by atomic mass is 10.1. The molecule has 0 bridgehead atoms.